The van der Waals surface area contributed by atoms with Gasteiger partial charge in [0.15, 0.2) is 5.65 Å². The molecule has 6 rings (SSSR count). The number of fused-ring (bicyclic) bond motifs is 1. The van der Waals surface area contributed by atoms with E-state index in [2.05, 4.69) is 30.8 Å². The Kier molecular flexibility index (Phi) is 6.03. The van der Waals surface area contributed by atoms with Crippen molar-refractivity contribution in [3.05, 3.63) is 54.4 Å². The molecule has 0 bridgehead atoms. The summed E-state index contributed by atoms with van der Waals surface area (Å²) in [5.41, 5.74) is 2.61. The lowest BCUT2D eigenvalue weighted by Crippen LogP contribution is -2.41. The molecule has 2 saturated heterocycles. The van der Waals surface area contributed by atoms with Gasteiger partial charge >= 0.3 is 0 Å². The predicted molar refractivity (Wildman–Crippen MR) is 131 cm³/mol. The van der Waals surface area contributed by atoms with E-state index in [-0.39, 0.29) is 19.1 Å². The number of amides is 1. The van der Waals surface area contributed by atoms with Crippen LogP contribution in [0.1, 0.15) is 24.4 Å². The van der Waals surface area contributed by atoms with Gasteiger partial charge in [-0.25, -0.2) is 14.1 Å². The monoisotopic (exact) mass is 491 g/mol. The molecule has 5 heterocycles. The number of halogens is 1. The second-order valence-corrected chi connectivity index (χ2v) is 9.01. The zero-order valence-electron chi connectivity index (χ0n) is 19.6. The van der Waals surface area contributed by atoms with Gasteiger partial charge in [0, 0.05) is 24.6 Å². The molecule has 2 fully saturated rings. The van der Waals surface area contributed by atoms with Crippen LogP contribution < -0.4 is 15.5 Å². The van der Waals surface area contributed by atoms with Crippen molar-refractivity contribution in [2.75, 3.05) is 43.1 Å². The summed E-state index contributed by atoms with van der Waals surface area (Å²) < 4.78 is 23.3. The summed E-state index contributed by atoms with van der Waals surface area (Å²) in [5.74, 6) is -0.178. The molecular formula is C24H26FN9O2. The fraction of sp³-hybridized carbons (Fsp3) is 0.375. The number of hydrogen-bond donors (Lipinski definition) is 2. The molecule has 1 aromatic carbocycles. The van der Waals surface area contributed by atoms with Crippen molar-refractivity contribution >= 4 is 34.3 Å². The minimum atomic E-state index is -0.416. The number of nitrogens with zero attached hydrogens (tertiary/aromatic N) is 7. The summed E-state index contributed by atoms with van der Waals surface area (Å²) in [6, 6.07) is 4.99. The van der Waals surface area contributed by atoms with Gasteiger partial charge in [-0.2, -0.15) is 15.2 Å². The second-order valence-electron chi connectivity index (χ2n) is 9.01. The Bertz CT molecular complexity index is 1400. The van der Waals surface area contributed by atoms with Gasteiger partial charge in [0.25, 0.3) is 5.91 Å². The van der Waals surface area contributed by atoms with Crippen LogP contribution in [0.3, 0.4) is 0 Å². The number of nitrogens with one attached hydrogen (secondary N) is 2. The molecular weight excluding hydrogens is 465 g/mol. The SMILES string of the molecule is O=C1COCCN1c1cc(F)cc(Cn2ncc3cnc(Nc4cnn(C5CCNCC5)c4)nc32)c1. The molecule has 12 heteroatoms. The van der Waals surface area contributed by atoms with Crippen molar-refractivity contribution in [3.8, 4) is 0 Å². The highest BCUT2D eigenvalue weighted by atomic mass is 19.1. The van der Waals surface area contributed by atoms with Crippen molar-refractivity contribution < 1.29 is 13.9 Å². The van der Waals surface area contributed by atoms with Crippen molar-refractivity contribution in [3.63, 3.8) is 0 Å². The quantitative estimate of drug-likeness (QED) is 0.422. The first-order chi connectivity index (χ1) is 17.6. The minimum absolute atomic E-state index is 0.000889. The number of ether oxygens (including phenoxy) is 1. The second kappa shape index (κ2) is 9.63. The van der Waals surface area contributed by atoms with Crippen LogP contribution in [0.4, 0.5) is 21.7 Å². The van der Waals surface area contributed by atoms with Gasteiger partial charge in [-0.3, -0.25) is 9.48 Å². The molecule has 2 N–H and O–H groups in total. The molecule has 0 atom stereocenters. The van der Waals surface area contributed by atoms with Crippen molar-refractivity contribution in [2.45, 2.75) is 25.4 Å². The molecule has 186 valence electrons. The molecule has 11 nitrogen and oxygen atoms in total. The third-order valence-electron chi connectivity index (χ3n) is 6.49. The maximum absolute atomic E-state index is 14.4. The number of carbonyl (C=O) groups excluding carboxylic acids is 1. The molecule has 0 aliphatic carbocycles. The van der Waals surface area contributed by atoms with Crippen LogP contribution in [0.15, 0.2) is 43.0 Å². The van der Waals surface area contributed by atoms with E-state index < -0.39 is 5.82 Å². The topological polar surface area (TPSA) is 115 Å². The smallest absolute Gasteiger partial charge is 0.253 e. The number of morpholine rings is 1. The molecule has 0 unspecified atom stereocenters. The van der Waals surface area contributed by atoms with E-state index in [0.717, 1.165) is 37.0 Å². The van der Waals surface area contributed by atoms with Crippen LogP contribution >= 0.6 is 0 Å². The Morgan fingerprint density at radius 1 is 1.14 bits per heavy atom. The van der Waals surface area contributed by atoms with Crippen molar-refractivity contribution in [1.82, 2.24) is 34.8 Å². The predicted octanol–water partition coefficient (Wildman–Crippen LogP) is 2.24. The fourth-order valence-electron chi connectivity index (χ4n) is 4.69. The Morgan fingerprint density at radius 2 is 2.03 bits per heavy atom. The van der Waals surface area contributed by atoms with Crippen molar-refractivity contribution in [1.29, 1.82) is 0 Å². The number of anilines is 3. The molecule has 0 saturated carbocycles. The van der Waals surface area contributed by atoms with Crippen LogP contribution in [0.2, 0.25) is 0 Å². The van der Waals surface area contributed by atoms with Gasteiger partial charge in [0.2, 0.25) is 5.95 Å². The average Bonchev–Trinajstić information content (AvgIpc) is 3.52. The highest BCUT2D eigenvalue weighted by molar-refractivity contribution is 5.94. The van der Waals surface area contributed by atoms with Crippen LogP contribution in [0.5, 0.6) is 0 Å². The van der Waals surface area contributed by atoms with Crippen LogP contribution in [-0.4, -0.2) is 68.3 Å². The molecule has 0 radical (unpaired) electrons. The molecule has 1 amide bonds. The fourth-order valence-corrected chi connectivity index (χ4v) is 4.69. The largest absolute Gasteiger partial charge is 0.370 e. The maximum Gasteiger partial charge on any atom is 0.253 e. The van der Waals surface area contributed by atoms with Crippen LogP contribution in [0.25, 0.3) is 11.0 Å². The number of carbonyl (C=O) groups is 1. The lowest BCUT2D eigenvalue weighted by molar-refractivity contribution is -0.125. The zero-order valence-corrected chi connectivity index (χ0v) is 19.6. The van der Waals surface area contributed by atoms with E-state index in [1.165, 1.54) is 12.1 Å². The first kappa shape index (κ1) is 22.6. The maximum atomic E-state index is 14.4. The zero-order chi connectivity index (χ0) is 24.5. The highest BCUT2D eigenvalue weighted by Gasteiger charge is 2.21. The lowest BCUT2D eigenvalue weighted by Gasteiger charge is -2.27. The Morgan fingerprint density at radius 3 is 2.89 bits per heavy atom. The van der Waals surface area contributed by atoms with E-state index >= 15 is 0 Å². The van der Waals surface area contributed by atoms with Crippen LogP contribution in [-0.2, 0) is 16.1 Å². The molecule has 36 heavy (non-hydrogen) atoms. The Labute approximate surface area is 206 Å². The molecule has 2 aliphatic heterocycles. The molecule has 0 spiro atoms. The summed E-state index contributed by atoms with van der Waals surface area (Å²) in [7, 11) is 0. The van der Waals surface area contributed by atoms with Gasteiger partial charge < -0.3 is 20.3 Å². The van der Waals surface area contributed by atoms with E-state index in [4.69, 9.17) is 4.74 Å². The van der Waals surface area contributed by atoms with E-state index in [1.807, 2.05) is 10.9 Å². The summed E-state index contributed by atoms with van der Waals surface area (Å²) in [6.45, 7) is 3.09. The summed E-state index contributed by atoms with van der Waals surface area (Å²) in [4.78, 5) is 22.8. The van der Waals surface area contributed by atoms with Crippen molar-refractivity contribution in [2.24, 2.45) is 0 Å². The van der Waals surface area contributed by atoms with Gasteiger partial charge in [0.05, 0.1) is 42.7 Å². The number of benzene rings is 1. The third-order valence-corrected chi connectivity index (χ3v) is 6.49. The number of aromatic nitrogens is 6. The van der Waals surface area contributed by atoms with E-state index in [1.54, 1.807) is 34.2 Å². The van der Waals surface area contributed by atoms with Gasteiger partial charge in [-0.15, -0.1) is 0 Å². The van der Waals surface area contributed by atoms with E-state index in [9.17, 15) is 9.18 Å². The first-order valence-corrected chi connectivity index (χ1v) is 12.0. The highest BCUT2D eigenvalue weighted by Crippen LogP contribution is 2.24. The van der Waals surface area contributed by atoms with Gasteiger partial charge in [-0.05, 0) is 49.7 Å². The number of hydrogen-bond acceptors (Lipinski definition) is 8. The Balaban J connectivity index is 1.22. The molecule has 2 aliphatic rings. The standard InChI is InChI=1S/C24H26FN9O2/c25-18-7-16(8-21(9-18)32-5-6-36-15-22(32)35)13-34-23-17(11-28-34)10-27-24(31-23)30-19-12-29-33(14-19)20-1-3-26-4-2-20/h7-12,14,20,26H,1-6,13,15H2,(H,27,30,31). The lowest BCUT2D eigenvalue weighted by atomic mass is 10.1. The molecule has 3 aromatic heterocycles. The molecule has 4 aromatic rings. The number of piperidine rings is 1. The van der Waals surface area contributed by atoms with Gasteiger partial charge in [-0.1, -0.05) is 0 Å². The summed E-state index contributed by atoms with van der Waals surface area (Å²) in [6.07, 6.45) is 9.22. The van der Waals surface area contributed by atoms with E-state index in [0.29, 0.717) is 42.0 Å². The van der Waals surface area contributed by atoms with Gasteiger partial charge in [0.1, 0.15) is 12.4 Å². The van der Waals surface area contributed by atoms with Crippen LogP contribution in [0, 0.1) is 5.82 Å². The summed E-state index contributed by atoms with van der Waals surface area (Å²) in [5, 5.41) is 16.3. The average molecular weight is 492 g/mol. The first-order valence-electron chi connectivity index (χ1n) is 12.0. The summed E-state index contributed by atoms with van der Waals surface area (Å²) >= 11 is 0. The number of rotatable bonds is 6. The minimum Gasteiger partial charge on any atom is -0.370 e. The Hall–Kier alpha value is -3.90. The third kappa shape index (κ3) is 4.64. The normalized spacial score (nSPS) is 17.1.